The third-order valence-electron chi connectivity index (χ3n) is 5.25. The van der Waals surface area contributed by atoms with E-state index in [0.717, 1.165) is 44.3 Å². The molecule has 170 valence electrons. The van der Waals surface area contributed by atoms with Gasteiger partial charge in [-0.25, -0.2) is 0 Å². The Labute approximate surface area is 203 Å². The van der Waals surface area contributed by atoms with Gasteiger partial charge in [0.25, 0.3) is 0 Å². The Morgan fingerprint density at radius 2 is 1.81 bits per heavy atom. The van der Waals surface area contributed by atoms with E-state index >= 15 is 0 Å². The Morgan fingerprint density at radius 3 is 2.48 bits per heavy atom. The molecule has 7 heteroatoms. The topological polar surface area (TPSA) is 55.3 Å². The molecule has 1 N–H and O–H groups in total. The molecule has 1 aliphatic rings. The lowest BCUT2D eigenvalue weighted by molar-refractivity contribution is -0.0390. The number of ether oxygens (including phenoxy) is 3. The molecule has 1 heterocycles. The van der Waals surface area contributed by atoms with Crippen molar-refractivity contribution in [2.75, 3.05) is 34.4 Å². The van der Waals surface area contributed by atoms with E-state index in [2.05, 4.69) is 51.6 Å². The average Bonchev–Trinajstić information content (AvgIpc) is 2.79. The van der Waals surface area contributed by atoms with Crippen LogP contribution in [-0.4, -0.2) is 51.4 Å². The molecule has 0 aromatic heterocycles. The number of guanidine groups is 1. The van der Waals surface area contributed by atoms with Gasteiger partial charge in [-0.05, 0) is 41.7 Å². The monoisotopic (exact) mass is 539 g/mol. The Balaban J connectivity index is 0.00000341. The van der Waals surface area contributed by atoms with Gasteiger partial charge in [0.1, 0.15) is 5.75 Å². The van der Waals surface area contributed by atoms with Crippen LogP contribution in [0.1, 0.15) is 29.5 Å². The van der Waals surface area contributed by atoms with Crippen LogP contribution in [0, 0.1) is 0 Å². The number of rotatable bonds is 8. The normalized spacial score (nSPS) is 14.6. The number of aliphatic imine (C=N–C) groups is 1. The van der Waals surface area contributed by atoms with Crippen LogP contribution >= 0.6 is 24.0 Å². The number of hydrogen-bond acceptors (Lipinski definition) is 4. The number of nitrogens with zero attached hydrogens (tertiary/aromatic N) is 2. The van der Waals surface area contributed by atoms with Gasteiger partial charge >= 0.3 is 0 Å². The molecule has 0 radical (unpaired) electrons. The van der Waals surface area contributed by atoms with Crippen molar-refractivity contribution in [1.82, 2.24) is 10.2 Å². The molecule has 1 aliphatic heterocycles. The van der Waals surface area contributed by atoms with Crippen LogP contribution in [0.2, 0.25) is 0 Å². The van der Waals surface area contributed by atoms with Crippen LogP contribution in [0.4, 0.5) is 0 Å². The highest BCUT2D eigenvalue weighted by atomic mass is 127. The van der Waals surface area contributed by atoms with Crippen LogP contribution in [-0.2, 0) is 29.2 Å². The van der Waals surface area contributed by atoms with Gasteiger partial charge in [0.05, 0.1) is 19.8 Å². The van der Waals surface area contributed by atoms with Crippen molar-refractivity contribution in [3.63, 3.8) is 0 Å². The minimum Gasteiger partial charge on any atom is -0.497 e. The van der Waals surface area contributed by atoms with Crippen molar-refractivity contribution < 1.29 is 14.2 Å². The smallest absolute Gasteiger partial charge is 0.193 e. The van der Waals surface area contributed by atoms with Crippen molar-refractivity contribution in [3.05, 3.63) is 65.2 Å². The number of hydrogen-bond donors (Lipinski definition) is 1. The second-order valence-corrected chi connectivity index (χ2v) is 7.55. The third-order valence-corrected chi connectivity index (χ3v) is 5.25. The molecular weight excluding hydrogens is 505 g/mol. The zero-order valence-corrected chi connectivity index (χ0v) is 21.0. The number of nitrogens with one attached hydrogen (secondary N) is 1. The summed E-state index contributed by atoms with van der Waals surface area (Å²) in [4.78, 5) is 6.53. The molecule has 2 aromatic rings. The van der Waals surface area contributed by atoms with Crippen LogP contribution in [0.15, 0.2) is 53.5 Å². The van der Waals surface area contributed by atoms with E-state index in [1.54, 1.807) is 7.11 Å². The predicted molar refractivity (Wildman–Crippen MR) is 135 cm³/mol. The van der Waals surface area contributed by atoms with E-state index < -0.39 is 0 Å². The summed E-state index contributed by atoms with van der Waals surface area (Å²) in [5, 5.41) is 3.45. The van der Waals surface area contributed by atoms with Crippen LogP contribution in [0.25, 0.3) is 0 Å². The Hall–Kier alpha value is -1.84. The maximum atomic E-state index is 6.05. The van der Waals surface area contributed by atoms with E-state index in [1.165, 1.54) is 16.7 Å². The maximum Gasteiger partial charge on any atom is 0.193 e. The summed E-state index contributed by atoms with van der Waals surface area (Å²) >= 11 is 0. The summed E-state index contributed by atoms with van der Waals surface area (Å²) in [6.45, 7) is 3.73. The second-order valence-electron chi connectivity index (χ2n) is 7.55. The van der Waals surface area contributed by atoms with Crippen molar-refractivity contribution >= 4 is 29.9 Å². The van der Waals surface area contributed by atoms with Gasteiger partial charge in [-0.15, -0.1) is 24.0 Å². The summed E-state index contributed by atoms with van der Waals surface area (Å²) in [6, 6.07) is 16.6. The van der Waals surface area contributed by atoms with Gasteiger partial charge in [-0.1, -0.05) is 36.4 Å². The number of benzene rings is 2. The van der Waals surface area contributed by atoms with E-state index in [4.69, 9.17) is 14.2 Å². The van der Waals surface area contributed by atoms with Gasteiger partial charge in [0, 0.05) is 40.4 Å². The molecule has 0 saturated carbocycles. The molecular formula is C24H34IN3O3. The summed E-state index contributed by atoms with van der Waals surface area (Å²) in [7, 11) is 5.53. The Bertz CT molecular complexity index is 808. The van der Waals surface area contributed by atoms with Gasteiger partial charge in [0.2, 0.25) is 0 Å². The Morgan fingerprint density at radius 1 is 1.10 bits per heavy atom. The molecule has 1 saturated heterocycles. The molecule has 0 unspecified atom stereocenters. The molecule has 0 aliphatic carbocycles. The van der Waals surface area contributed by atoms with Gasteiger partial charge < -0.3 is 24.4 Å². The highest BCUT2D eigenvalue weighted by molar-refractivity contribution is 14.0. The number of halogens is 1. The second kappa shape index (κ2) is 13.5. The quantitative estimate of drug-likeness (QED) is 0.310. The predicted octanol–water partition coefficient (Wildman–Crippen LogP) is 4.22. The van der Waals surface area contributed by atoms with Gasteiger partial charge in [-0.3, -0.25) is 4.99 Å². The van der Waals surface area contributed by atoms with Crippen molar-refractivity contribution in [3.8, 4) is 5.75 Å². The molecule has 0 atom stereocenters. The van der Waals surface area contributed by atoms with Gasteiger partial charge in [-0.2, -0.15) is 0 Å². The summed E-state index contributed by atoms with van der Waals surface area (Å²) < 4.78 is 16.7. The lowest BCUT2D eigenvalue weighted by Gasteiger charge is -2.23. The van der Waals surface area contributed by atoms with E-state index in [9.17, 15) is 0 Å². The minimum absolute atomic E-state index is 0. The Kier molecular flexibility index (Phi) is 11.1. The van der Waals surface area contributed by atoms with Crippen LogP contribution in [0.3, 0.4) is 0 Å². The lowest BCUT2D eigenvalue weighted by atomic mass is 10.1. The molecule has 0 amide bonds. The molecule has 31 heavy (non-hydrogen) atoms. The fraction of sp³-hybridized carbons (Fsp3) is 0.458. The van der Waals surface area contributed by atoms with Crippen LogP contribution < -0.4 is 10.1 Å². The first-order chi connectivity index (χ1) is 14.7. The molecule has 0 spiro atoms. The molecule has 1 fully saturated rings. The maximum absolute atomic E-state index is 6.05. The van der Waals surface area contributed by atoms with E-state index in [1.807, 2.05) is 26.2 Å². The zero-order chi connectivity index (χ0) is 21.2. The fourth-order valence-electron chi connectivity index (χ4n) is 3.53. The number of methoxy groups -OCH3 is 1. The summed E-state index contributed by atoms with van der Waals surface area (Å²) in [5.41, 5.74) is 3.61. The molecule has 2 aromatic carbocycles. The largest absolute Gasteiger partial charge is 0.497 e. The minimum atomic E-state index is 0. The first-order valence-electron chi connectivity index (χ1n) is 10.5. The zero-order valence-electron chi connectivity index (χ0n) is 18.7. The van der Waals surface area contributed by atoms with E-state index in [0.29, 0.717) is 19.3 Å². The third kappa shape index (κ3) is 8.31. The van der Waals surface area contributed by atoms with Crippen molar-refractivity contribution in [1.29, 1.82) is 0 Å². The first-order valence-corrected chi connectivity index (χ1v) is 10.5. The van der Waals surface area contributed by atoms with E-state index in [-0.39, 0.29) is 24.0 Å². The lowest BCUT2D eigenvalue weighted by Crippen LogP contribution is -2.38. The first kappa shape index (κ1) is 25.4. The summed E-state index contributed by atoms with van der Waals surface area (Å²) in [5.74, 6) is 1.72. The SMILES string of the molecule is CN=C(NCc1cccc(COC2CCOCC2)c1)N(C)Cc1ccc(OC)cc1.I. The van der Waals surface area contributed by atoms with Crippen LogP contribution in [0.5, 0.6) is 5.75 Å². The average molecular weight is 539 g/mol. The fourth-order valence-corrected chi connectivity index (χ4v) is 3.53. The molecule has 6 nitrogen and oxygen atoms in total. The van der Waals surface area contributed by atoms with Crippen molar-refractivity contribution in [2.24, 2.45) is 4.99 Å². The molecule has 3 rings (SSSR count). The summed E-state index contributed by atoms with van der Waals surface area (Å²) in [6.07, 6.45) is 2.28. The van der Waals surface area contributed by atoms with Crippen molar-refractivity contribution in [2.45, 2.75) is 38.6 Å². The highest BCUT2D eigenvalue weighted by Gasteiger charge is 2.14. The molecule has 0 bridgehead atoms. The standard InChI is InChI=1S/C24H33N3O3.HI/c1-25-24(27(2)17-19-7-9-22(28-3)10-8-19)26-16-20-5-4-6-21(15-20)18-30-23-11-13-29-14-12-23;/h4-10,15,23H,11-14,16-18H2,1-3H3,(H,25,26);1H. The van der Waals surface area contributed by atoms with Gasteiger partial charge in [0.15, 0.2) is 5.96 Å². The highest BCUT2D eigenvalue weighted by Crippen LogP contribution is 2.15.